The maximum absolute atomic E-state index is 11.3. The lowest BCUT2D eigenvalue weighted by atomic mass is 9.91. The molecule has 4 N–H and O–H groups in total. The molecule has 22 heavy (non-hydrogen) atoms. The molecule has 1 saturated heterocycles. The van der Waals surface area contributed by atoms with Gasteiger partial charge in [-0.3, -0.25) is 10.1 Å². The first-order chi connectivity index (χ1) is 10.3. The molecule has 8 nitrogen and oxygen atoms in total. The number of nitrogens with one attached hydrogen (secondary N) is 2. The number of hydrogen-bond acceptors (Lipinski definition) is 6. The Morgan fingerprint density at radius 2 is 2.23 bits per heavy atom. The highest BCUT2D eigenvalue weighted by Crippen LogP contribution is 2.30. The van der Waals surface area contributed by atoms with Gasteiger partial charge in [-0.1, -0.05) is 13.3 Å². The Hall–Kier alpha value is -1.71. The van der Waals surface area contributed by atoms with Crippen molar-refractivity contribution >= 4 is 21.4 Å². The summed E-state index contributed by atoms with van der Waals surface area (Å²) in [4.78, 5) is 10.4. The van der Waals surface area contributed by atoms with E-state index in [2.05, 4.69) is 17.6 Å². The van der Waals surface area contributed by atoms with Gasteiger partial charge in [0.1, 0.15) is 5.69 Å². The molecule has 0 saturated carbocycles. The number of nitro benzene ring substituents is 1. The van der Waals surface area contributed by atoms with Crippen LogP contribution in [0.5, 0.6) is 0 Å². The maximum Gasteiger partial charge on any atom is 0.293 e. The van der Waals surface area contributed by atoms with E-state index in [0.717, 1.165) is 32.0 Å². The number of primary sulfonamides is 1. The molecule has 0 spiro atoms. The Labute approximate surface area is 129 Å². The smallest absolute Gasteiger partial charge is 0.293 e. The molecular formula is C13H20N4O4S. The molecule has 2 atom stereocenters. The highest BCUT2D eigenvalue weighted by molar-refractivity contribution is 7.89. The predicted molar refractivity (Wildman–Crippen MR) is 83.1 cm³/mol. The van der Waals surface area contributed by atoms with Gasteiger partial charge in [0.05, 0.1) is 9.82 Å². The lowest BCUT2D eigenvalue weighted by Crippen LogP contribution is -2.43. The van der Waals surface area contributed by atoms with Crippen LogP contribution in [0.15, 0.2) is 23.1 Å². The van der Waals surface area contributed by atoms with Crippen LogP contribution >= 0.6 is 0 Å². The van der Waals surface area contributed by atoms with Crippen LogP contribution in [0.4, 0.5) is 11.4 Å². The lowest BCUT2D eigenvalue weighted by molar-refractivity contribution is -0.384. The molecule has 2 rings (SSSR count). The average molecular weight is 328 g/mol. The maximum atomic E-state index is 11.3. The molecular weight excluding hydrogens is 308 g/mol. The molecule has 1 fully saturated rings. The summed E-state index contributed by atoms with van der Waals surface area (Å²) < 4.78 is 22.7. The van der Waals surface area contributed by atoms with Gasteiger partial charge >= 0.3 is 0 Å². The van der Waals surface area contributed by atoms with Gasteiger partial charge in [0.2, 0.25) is 10.0 Å². The van der Waals surface area contributed by atoms with Gasteiger partial charge in [0, 0.05) is 12.1 Å². The average Bonchev–Trinajstić information content (AvgIpc) is 2.46. The van der Waals surface area contributed by atoms with Gasteiger partial charge < -0.3 is 10.6 Å². The molecule has 0 aliphatic carbocycles. The summed E-state index contributed by atoms with van der Waals surface area (Å²) in [6.45, 7) is 3.78. The number of nitrogens with zero attached hydrogens (tertiary/aromatic N) is 1. The predicted octanol–water partition coefficient (Wildman–Crippen LogP) is 1.04. The molecule has 1 aromatic carbocycles. The summed E-state index contributed by atoms with van der Waals surface area (Å²) in [7, 11) is -3.97. The van der Waals surface area contributed by atoms with Crippen molar-refractivity contribution in [2.24, 2.45) is 11.1 Å². The number of piperidine rings is 1. The van der Waals surface area contributed by atoms with E-state index in [1.807, 2.05) is 0 Å². The number of nitrogens with two attached hydrogens (primary N) is 1. The molecule has 9 heteroatoms. The minimum atomic E-state index is -3.97. The van der Waals surface area contributed by atoms with E-state index in [1.165, 1.54) is 12.1 Å². The van der Waals surface area contributed by atoms with E-state index >= 15 is 0 Å². The van der Waals surface area contributed by atoms with Crippen molar-refractivity contribution in [1.29, 1.82) is 0 Å². The van der Waals surface area contributed by atoms with Crippen molar-refractivity contribution in [1.82, 2.24) is 5.32 Å². The number of rotatable bonds is 5. The second-order valence-corrected chi connectivity index (χ2v) is 6.95. The van der Waals surface area contributed by atoms with Crippen molar-refractivity contribution in [3.05, 3.63) is 28.3 Å². The highest BCUT2D eigenvalue weighted by Gasteiger charge is 2.26. The van der Waals surface area contributed by atoms with Crippen molar-refractivity contribution in [3.63, 3.8) is 0 Å². The number of hydrogen-bond donors (Lipinski definition) is 3. The SMILES string of the molecule is CCC1CNCCC1Nc1ccc(S(N)(=O)=O)cc1[N+](=O)[O-]. The molecule has 0 amide bonds. The summed E-state index contributed by atoms with van der Waals surface area (Å²) in [5, 5.41) is 22.7. The summed E-state index contributed by atoms with van der Waals surface area (Å²) in [6, 6.07) is 3.81. The molecule has 1 aliphatic rings. The van der Waals surface area contributed by atoms with Crippen molar-refractivity contribution < 1.29 is 13.3 Å². The highest BCUT2D eigenvalue weighted by atomic mass is 32.2. The van der Waals surface area contributed by atoms with Crippen LogP contribution in [-0.4, -0.2) is 32.5 Å². The first-order valence-corrected chi connectivity index (χ1v) is 8.66. The topological polar surface area (TPSA) is 127 Å². The van der Waals surface area contributed by atoms with Gasteiger partial charge in [-0.05, 0) is 37.6 Å². The third-order valence-electron chi connectivity index (χ3n) is 3.97. The van der Waals surface area contributed by atoms with Crippen molar-refractivity contribution in [2.45, 2.75) is 30.7 Å². The second-order valence-electron chi connectivity index (χ2n) is 5.39. The van der Waals surface area contributed by atoms with Crippen molar-refractivity contribution in [3.8, 4) is 0 Å². The van der Waals surface area contributed by atoms with E-state index < -0.39 is 14.9 Å². The number of sulfonamides is 1. The summed E-state index contributed by atoms with van der Waals surface area (Å²) >= 11 is 0. The summed E-state index contributed by atoms with van der Waals surface area (Å²) in [5.41, 5.74) is 0.0441. The first kappa shape index (κ1) is 16.7. The Balaban J connectivity index is 2.32. The van der Waals surface area contributed by atoms with Gasteiger partial charge in [-0.15, -0.1) is 0 Å². The molecule has 122 valence electrons. The van der Waals surface area contributed by atoms with E-state index in [4.69, 9.17) is 5.14 Å². The van der Waals surface area contributed by atoms with E-state index in [1.54, 1.807) is 0 Å². The molecule has 1 heterocycles. The van der Waals surface area contributed by atoms with Crippen LogP contribution in [0.25, 0.3) is 0 Å². The molecule has 0 bridgehead atoms. The number of benzene rings is 1. The van der Waals surface area contributed by atoms with Gasteiger partial charge in [-0.2, -0.15) is 0 Å². The fourth-order valence-corrected chi connectivity index (χ4v) is 3.24. The van der Waals surface area contributed by atoms with Crippen LogP contribution in [0.2, 0.25) is 0 Å². The van der Waals surface area contributed by atoms with Gasteiger partial charge in [0.25, 0.3) is 5.69 Å². The Morgan fingerprint density at radius 1 is 1.50 bits per heavy atom. The van der Waals surface area contributed by atoms with Gasteiger partial charge in [0.15, 0.2) is 0 Å². The molecule has 0 aromatic heterocycles. The first-order valence-electron chi connectivity index (χ1n) is 7.11. The Bertz CT molecular complexity index is 662. The third-order valence-corrected chi connectivity index (χ3v) is 4.88. The van der Waals surface area contributed by atoms with Crippen LogP contribution in [0, 0.1) is 16.0 Å². The van der Waals surface area contributed by atoms with Gasteiger partial charge in [-0.25, -0.2) is 13.6 Å². The standard InChI is InChI=1S/C13H20N4O4S/c1-2-9-8-15-6-5-11(9)16-12-4-3-10(22(14,20)21)7-13(12)17(18)19/h3-4,7,9,11,15-16H,2,5-6,8H2,1H3,(H2,14,20,21). The third kappa shape index (κ3) is 3.73. The normalized spacial score (nSPS) is 22.3. The fourth-order valence-electron chi connectivity index (χ4n) is 2.70. The minimum absolute atomic E-state index is 0.116. The zero-order chi connectivity index (χ0) is 16.3. The lowest BCUT2D eigenvalue weighted by Gasteiger charge is -2.32. The number of anilines is 1. The molecule has 2 unspecified atom stereocenters. The fraction of sp³-hybridized carbons (Fsp3) is 0.538. The summed E-state index contributed by atoms with van der Waals surface area (Å²) in [6.07, 6.45) is 1.81. The van der Waals surface area contributed by atoms with E-state index in [9.17, 15) is 18.5 Å². The Kier molecular flexibility index (Phi) is 4.99. The zero-order valence-corrected chi connectivity index (χ0v) is 13.1. The Morgan fingerprint density at radius 3 is 2.82 bits per heavy atom. The largest absolute Gasteiger partial charge is 0.376 e. The monoisotopic (exact) mass is 328 g/mol. The molecule has 1 aromatic rings. The quantitative estimate of drug-likeness (QED) is 0.547. The van der Waals surface area contributed by atoms with Crippen LogP contribution < -0.4 is 15.8 Å². The van der Waals surface area contributed by atoms with Crippen LogP contribution in [-0.2, 0) is 10.0 Å². The van der Waals surface area contributed by atoms with Crippen LogP contribution in [0.3, 0.4) is 0 Å². The van der Waals surface area contributed by atoms with E-state index in [0.29, 0.717) is 11.6 Å². The van der Waals surface area contributed by atoms with Crippen LogP contribution in [0.1, 0.15) is 19.8 Å². The zero-order valence-electron chi connectivity index (χ0n) is 12.3. The van der Waals surface area contributed by atoms with E-state index in [-0.39, 0.29) is 16.6 Å². The minimum Gasteiger partial charge on any atom is -0.376 e. The summed E-state index contributed by atoms with van der Waals surface area (Å²) in [5.74, 6) is 0.367. The molecule has 0 radical (unpaired) electrons. The molecule has 1 aliphatic heterocycles. The second kappa shape index (κ2) is 6.59. The number of nitro groups is 1. The van der Waals surface area contributed by atoms with Crippen molar-refractivity contribution in [2.75, 3.05) is 18.4 Å².